The molecule has 28 heavy (non-hydrogen) atoms. The Morgan fingerprint density at radius 1 is 1.11 bits per heavy atom. The highest BCUT2D eigenvalue weighted by Crippen LogP contribution is 2.26. The van der Waals surface area contributed by atoms with Gasteiger partial charge in [-0.1, -0.05) is 41.4 Å². The Kier molecular flexibility index (Phi) is 6.34. The molecule has 0 fully saturated rings. The van der Waals surface area contributed by atoms with E-state index in [9.17, 15) is 9.59 Å². The van der Waals surface area contributed by atoms with E-state index < -0.39 is 0 Å². The summed E-state index contributed by atoms with van der Waals surface area (Å²) in [6.45, 7) is 1.57. The summed E-state index contributed by atoms with van der Waals surface area (Å²) < 4.78 is 7.05. The Morgan fingerprint density at radius 3 is 2.54 bits per heavy atom. The number of amides is 1. The maximum atomic E-state index is 12.2. The number of Topliss-reactive ketones (excluding diaryl/α,β-unsaturated/α-hetero) is 1. The summed E-state index contributed by atoms with van der Waals surface area (Å²) in [7, 11) is 0. The van der Waals surface area contributed by atoms with Crippen LogP contribution in [0.15, 0.2) is 54.7 Å². The lowest BCUT2D eigenvalue weighted by molar-refractivity contribution is -0.118. The van der Waals surface area contributed by atoms with Crippen molar-refractivity contribution in [3.63, 3.8) is 0 Å². The Balaban J connectivity index is 1.63. The van der Waals surface area contributed by atoms with E-state index in [4.69, 9.17) is 27.9 Å². The minimum absolute atomic E-state index is 0.0722. The van der Waals surface area contributed by atoms with Crippen molar-refractivity contribution in [2.75, 3.05) is 11.9 Å². The van der Waals surface area contributed by atoms with Crippen molar-refractivity contribution in [1.82, 2.24) is 9.78 Å². The molecule has 0 saturated heterocycles. The Hall–Kier alpha value is -2.83. The predicted molar refractivity (Wildman–Crippen MR) is 108 cm³/mol. The van der Waals surface area contributed by atoms with E-state index in [0.717, 1.165) is 0 Å². The van der Waals surface area contributed by atoms with Gasteiger partial charge >= 0.3 is 0 Å². The molecule has 0 spiro atoms. The first-order valence-corrected chi connectivity index (χ1v) is 9.18. The molecule has 1 aromatic heterocycles. The van der Waals surface area contributed by atoms with Gasteiger partial charge in [0.25, 0.3) is 5.91 Å². The number of benzene rings is 2. The first-order valence-electron chi connectivity index (χ1n) is 8.42. The van der Waals surface area contributed by atoms with Gasteiger partial charge in [0.1, 0.15) is 11.6 Å². The third kappa shape index (κ3) is 4.91. The van der Waals surface area contributed by atoms with E-state index in [-0.39, 0.29) is 18.3 Å². The van der Waals surface area contributed by atoms with Crippen molar-refractivity contribution in [3.05, 3.63) is 75.9 Å². The van der Waals surface area contributed by atoms with Gasteiger partial charge in [0, 0.05) is 27.2 Å². The first kappa shape index (κ1) is 19.9. The molecule has 0 atom stereocenters. The standard InChI is InChI=1S/C20H17Cl2N3O3/c1-13(26)14-4-2-5-15(10-14)28-12-20(27)24-19-8-9-23-25(19)11-16-17(21)6-3-7-18(16)22/h2-10H,11-12H2,1H3,(H,24,27). The smallest absolute Gasteiger partial charge is 0.263 e. The number of carbonyl (C=O) groups excluding carboxylic acids is 2. The number of anilines is 1. The average molecular weight is 418 g/mol. The fourth-order valence-corrected chi connectivity index (χ4v) is 3.05. The van der Waals surface area contributed by atoms with Gasteiger partial charge in [-0.05, 0) is 31.2 Å². The number of nitrogens with zero attached hydrogens (tertiary/aromatic N) is 2. The lowest BCUT2D eigenvalue weighted by Gasteiger charge is -2.12. The van der Waals surface area contributed by atoms with Crippen LogP contribution in [0, 0.1) is 0 Å². The zero-order valence-corrected chi connectivity index (χ0v) is 16.5. The summed E-state index contributed by atoms with van der Waals surface area (Å²) in [5.74, 6) is 0.499. The van der Waals surface area contributed by atoms with Gasteiger partial charge in [0.2, 0.25) is 0 Å². The van der Waals surface area contributed by atoms with Crippen molar-refractivity contribution in [3.8, 4) is 5.75 Å². The number of rotatable bonds is 7. The second-order valence-electron chi connectivity index (χ2n) is 6.00. The van der Waals surface area contributed by atoms with Gasteiger partial charge in [-0.15, -0.1) is 0 Å². The number of ether oxygens (including phenoxy) is 1. The van der Waals surface area contributed by atoms with Crippen LogP contribution in [0.1, 0.15) is 22.8 Å². The summed E-state index contributed by atoms with van der Waals surface area (Å²) in [5, 5.41) is 7.99. The Morgan fingerprint density at radius 2 is 1.82 bits per heavy atom. The van der Waals surface area contributed by atoms with E-state index in [2.05, 4.69) is 10.4 Å². The van der Waals surface area contributed by atoms with Crippen molar-refractivity contribution < 1.29 is 14.3 Å². The topological polar surface area (TPSA) is 73.2 Å². The van der Waals surface area contributed by atoms with Gasteiger partial charge < -0.3 is 10.1 Å². The molecular formula is C20H17Cl2N3O3. The maximum Gasteiger partial charge on any atom is 0.263 e. The zero-order chi connectivity index (χ0) is 20.1. The molecule has 2 aromatic carbocycles. The number of nitrogens with one attached hydrogen (secondary N) is 1. The average Bonchev–Trinajstić information content (AvgIpc) is 3.10. The number of carbonyl (C=O) groups is 2. The molecule has 1 N–H and O–H groups in total. The molecule has 1 amide bonds. The lowest BCUT2D eigenvalue weighted by atomic mass is 10.1. The molecule has 1 heterocycles. The largest absolute Gasteiger partial charge is 0.484 e. The number of aromatic nitrogens is 2. The van der Waals surface area contributed by atoms with E-state index in [1.807, 2.05) is 0 Å². The quantitative estimate of drug-likeness (QED) is 0.575. The molecule has 0 aliphatic carbocycles. The first-order chi connectivity index (χ1) is 13.4. The summed E-state index contributed by atoms with van der Waals surface area (Å²) in [4.78, 5) is 23.7. The van der Waals surface area contributed by atoms with Crippen LogP contribution in [0.5, 0.6) is 5.75 Å². The summed E-state index contributed by atoms with van der Waals surface area (Å²) >= 11 is 12.4. The Labute approximate surface area is 172 Å². The number of halogens is 2. The van der Waals surface area contributed by atoms with Crippen LogP contribution >= 0.6 is 23.2 Å². The molecule has 0 radical (unpaired) electrons. The second kappa shape index (κ2) is 8.91. The minimum atomic E-state index is -0.361. The van der Waals surface area contributed by atoms with E-state index in [1.165, 1.54) is 6.92 Å². The predicted octanol–water partition coefficient (Wildman–Crippen LogP) is 4.46. The SMILES string of the molecule is CC(=O)c1cccc(OCC(=O)Nc2ccnn2Cc2c(Cl)cccc2Cl)c1. The van der Waals surface area contributed by atoms with Crippen molar-refractivity contribution in [2.24, 2.45) is 0 Å². The van der Waals surface area contributed by atoms with Gasteiger partial charge in [0.15, 0.2) is 12.4 Å². The number of hydrogen-bond donors (Lipinski definition) is 1. The fourth-order valence-electron chi connectivity index (χ4n) is 2.53. The molecule has 8 heteroatoms. The molecule has 3 rings (SSSR count). The van der Waals surface area contributed by atoms with Gasteiger partial charge in [-0.25, -0.2) is 4.68 Å². The maximum absolute atomic E-state index is 12.2. The van der Waals surface area contributed by atoms with Crippen LogP contribution in [0.2, 0.25) is 10.0 Å². The van der Waals surface area contributed by atoms with Gasteiger partial charge in [-0.3, -0.25) is 9.59 Å². The third-order valence-electron chi connectivity index (χ3n) is 3.96. The molecule has 0 aliphatic rings. The van der Waals surface area contributed by atoms with Crippen LogP contribution in [0.25, 0.3) is 0 Å². The van der Waals surface area contributed by atoms with Crippen molar-refractivity contribution in [1.29, 1.82) is 0 Å². The zero-order valence-electron chi connectivity index (χ0n) is 15.0. The molecule has 0 unspecified atom stereocenters. The number of hydrogen-bond acceptors (Lipinski definition) is 4. The van der Waals surface area contributed by atoms with Crippen LogP contribution in [0.3, 0.4) is 0 Å². The van der Waals surface area contributed by atoms with Crippen LogP contribution in [-0.4, -0.2) is 28.1 Å². The normalized spacial score (nSPS) is 10.5. The van der Waals surface area contributed by atoms with Crippen LogP contribution in [-0.2, 0) is 11.3 Å². The monoisotopic (exact) mass is 417 g/mol. The second-order valence-corrected chi connectivity index (χ2v) is 6.81. The third-order valence-corrected chi connectivity index (χ3v) is 4.67. The summed E-state index contributed by atoms with van der Waals surface area (Å²) in [6, 6.07) is 13.6. The number of ketones is 1. The van der Waals surface area contributed by atoms with Crippen molar-refractivity contribution in [2.45, 2.75) is 13.5 Å². The van der Waals surface area contributed by atoms with E-state index >= 15 is 0 Å². The molecule has 6 nitrogen and oxygen atoms in total. The summed E-state index contributed by atoms with van der Waals surface area (Å²) in [6.07, 6.45) is 1.57. The molecule has 3 aromatic rings. The Bertz CT molecular complexity index is 997. The highest BCUT2D eigenvalue weighted by Gasteiger charge is 2.12. The van der Waals surface area contributed by atoms with Gasteiger partial charge in [0.05, 0.1) is 12.7 Å². The van der Waals surface area contributed by atoms with E-state index in [0.29, 0.717) is 39.3 Å². The van der Waals surface area contributed by atoms with Crippen LogP contribution in [0.4, 0.5) is 5.82 Å². The molecular weight excluding hydrogens is 401 g/mol. The fraction of sp³-hybridized carbons (Fsp3) is 0.150. The van der Waals surface area contributed by atoms with Crippen molar-refractivity contribution >= 4 is 40.7 Å². The lowest BCUT2D eigenvalue weighted by Crippen LogP contribution is -2.22. The molecule has 0 aliphatic heterocycles. The highest BCUT2D eigenvalue weighted by atomic mass is 35.5. The molecule has 0 saturated carbocycles. The molecule has 144 valence electrons. The minimum Gasteiger partial charge on any atom is -0.484 e. The van der Waals surface area contributed by atoms with Gasteiger partial charge in [-0.2, -0.15) is 5.10 Å². The highest BCUT2D eigenvalue weighted by molar-refractivity contribution is 6.36. The van der Waals surface area contributed by atoms with E-state index in [1.54, 1.807) is 59.4 Å². The summed E-state index contributed by atoms with van der Waals surface area (Å²) in [5.41, 5.74) is 1.23. The van der Waals surface area contributed by atoms with Crippen LogP contribution < -0.4 is 10.1 Å². The molecule has 0 bridgehead atoms.